The van der Waals surface area contributed by atoms with Crippen molar-refractivity contribution in [3.8, 4) is 11.5 Å². The highest BCUT2D eigenvalue weighted by molar-refractivity contribution is 6.06. The summed E-state index contributed by atoms with van der Waals surface area (Å²) in [5, 5.41) is 22.3. The number of nitro groups is 2. The van der Waals surface area contributed by atoms with Crippen LogP contribution in [-0.4, -0.2) is 58.9 Å². The number of likely N-dealkylation sites (N-methyl/N-ethyl adjacent to an activating group) is 2. The van der Waals surface area contributed by atoms with Gasteiger partial charge in [-0.25, -0.2) is 0 Å². The topological polar surface area (TPSA) is 189 Å². The van der Waals surface area contributed by atoms with Crippen molar-refractivity contribution in [2.45, 2.75) is 37.9 Å². The second-order valence-electron chi connectivity index (χ2n) is 9.41. The van der Waals surface area contributed by atoms with E-state index in [0.717, 1.165) is 12.1 Å². The average Bonchev–Trinajstić information content (AvgIpc) is 2.84. The first-order valence-corrected chi connectivity index (χ1v) is 11.4. The largest absolute Gasteiger partial charge is 0.475 e. The Morgan fingerprint density at radius 3 is 1.49 bits per heavy atom. The Morgan fingerprint density at radius 2 is 1.15 bits per heavy atom. The summed E-state index contributed by atoms with van der Waals surface area (Å²) < 4.78 is 16.2. The number of nitro benzene ring substituents is 2. The Hall–Kier alpha value is -5.08. The molecule has 2 unspecified atom stereocenters. The Labute approximate surface area is 220 Å². The SMILES string of the molecule is CN1C(=O)C(C)(CC(=O)OC(=O)CC2(C)Oc3cc([N+](=O)[O-])ccc3N(C)C2=O)Oc2cc([N+](=O)[O-])ccc21. The molecule has 2 heterocycles. The smallest absolute Gasteiger partial charge is 0.318 e. The number of esters is 2. The lowest BCUT2D eigenvalue weighted by molar-refractivity contribution is -0.385. The maximum Gasteiger partial charge on any atom is 0.318 e. The van der Waals surface area contributed by atoms with Gasteiger partial charge in [0.15, 0.2) is 22.7 Å². The van der Waals surface area contributed by atoms with Crippen LogP contribution in [0.25, 0.3) is 0 Å². The van der Waals surface area contributed by atoms with Gasteiger partial charge in [-0.05, 0) is 26.0 Å². The Morgan fingerprint density at radius 1 is 0.795 bits per heavy atom. The molecular formula is C24H22N4O11. The number of ether oxygens (including phenoxy) is 3. The maximum absolute atomic E-state index is 12.9. The van der Waals surface area contributed by atoms with Crippen molar-refractivity contribution in [2.75, 3.05) is 23.9 Å². The van der Waals surface area contributed by atoms with E-state index in [0.29, 0.717) is 0 Å². The first kappa shape index (κ1) is 27.0. The first-order valence-electron chi connectivity index (χ1n) is 11.4. The van der Waals surface area contributed by atoms with Crippen molar-refractivity contribution >= 4 is 46.5 Å². The number of anilines is 2. The van der Waals surface area contributed by atoms with Crippen LogP contribution in [0, 0.1) is 20.2 Å². The molecule has 2 aromatic carbocycles. The standard InChI is InChI=1S/C24H22N4O11/c1-23(21(31)25(3)15-7-5-13(27(33)34)9-17(15)38-23)11-19(29)37-20(30)12-24(2)22(32)26(4)16-8-6-14(28(35)36)10-18(16)39-24/h5-10H,11-12H2,1-4H3. The predicted molar refractivity (Wildman–Crippen MR) is 131 cm³/mol. The van der Waals surface area contributed by atoms with E-state index in [1.807, 2.05) is 0 Å². The number of non-ortho nitro benzene ring substituents is 2. The zero-order chi connectivity index (χ0) is 28.9. The fraction of sp³-hybridized carbons (Fsp3) is 0.333. The minimum atomic E-state index is -1.85. The minimum Gasteiger partial charge on any atom is -0.475 e. The van der Waals surface area contributed by atoms with Crippen molar-refractivity contribution in [3.63, 3.8) is 0 Å². The molecule has 0 spiro atoms. The van der Waals surface area contributed by atoms with Crippen LogP contribution in [0.1, 0.15) is 26.7 Å². The van der Waals surface area contributed by atoms with Gasteiger partial charge in [0, 0.05) is 26.2 Å². The molecule has 0 N–H and O–H groups in total. The lowest BCUT2D eigenvalue weighted by atomic mass is 9.96. The van der Waals surface area contributed by atoms with Gasteiger partial charge < -0.3 is 24.0 Å². The third-order valence-corrected chi connectivity index (χ3v) is 6.41. The molecule has 2 atom stereocenters. The van der Waals surface area contributed by atoms with Crippen molar-refractivity contribution in [2.24, 2.45) is 0 Å². The zero-order valence-electron chi connectivity index (χ0n) is 21.2. The summed E-state index contributed by atoms with van der Waals surface area (Å²) in [5.74, 6) is -3.67. The molecule has 0 fully saturated rings. The van der Waals surface area contributed by atoms with Gasteiger partial charge in [-0.3, -0.25) is 39.4 Å². The molecule has 39 heavy (non-hydrogen) atoms. The molecule has 2 aliphatic heterocycles. The number of hydrogen-bond donors (Lipinski definition) is 0. The van der Waals surface area contributed by atoms with Gasteiger partial charge in [-0.15, -0.1) is 0 Å². The highest BCUT2D eigenvalue weighted by atomic mass is 16.6. The van der Waals surface area contributed by atoms with Crippen LogP contribution in [0.4, 0.5) is 22.7 Å². The molecule has 0 saturated heterocycles. The molecule has 0 bridgehead atoms. The molecule has 2 amide bonds. The van der Waals surface area contributed by atoms with E-state index in [2.05, 4.69) is 0 Å². The van der Waals surface area contributed by atoms with Crippen LogP contribution in [0.2, 0.25) is 0 Å². The van der Waals surface area contributed by atoms with Crippen molar-refractivity contribution < 1.29 is 43.2 Å². The number of carbonyl (C=O) groups is 4. The highest BCUT2D eigenvalue weighted by Gasteiger charge is 2.48. The molecule has 2 aromatic rings. The minimum absolute atomic E-state index is 0.0163. The summed E-state index contributed by atoms with van der Waals surface area (Å²) in [6.45, 7) is 2.54. The summed E-state index contributed by atoms with van der Waals surface area (Å²) >= 11 is 0. The summed E-state index contributed by atoms with van der Waals surface area (Å²) in [7, 11) is 2.80. The lowest BCUT2D eigenvalue weighted by Gasteiger charge is -2.39. The number of amides is 2. The molecule has 0 saturated carbocycles. The second kappa shape index (κ2) is 9.34. The van der Waals surface area contributed by atoms with E-state index in [1.54, 1.807) is 0 Å². The molecule has 4 rings (SSSR count). The number of nitrogens with zero attached hydrogens (tertiary/aromatic N) is 4. The third-order valence-electron chi connectivity index (χ3n) is 6.41. The van der Waals surface area contributed by atoms with Crippen LogP contribution in [0.15, 0.2) is 36.4 Å². The maximum atomic E-state index is 12.9. The van der Waals surface area contributed by atoms with E-state index >= 15 is 0 Å². The molecule has 15 heteroatoms. The number of benzene rings is 2. The summed E-state index contributed by atoms with van der Waals surface area (Å²) in [6.07, 6.45) is -1.46. The van der Waals surface area contributed by atoms with E-state index in [1.165, 1.54) is 62.0 Å². The number of hydrogen-bond acceptors (Lipinski definition) is 11. The van der Waals surface area contributed by atoms with Crippen LogP contribution in [0.5, 0.6) is 11.5 Å². The Kier molecular flexibility index (Phi) is 6.46. The van der Waals surface area contributed by atoms with Gasteiger partial charge in [0.2, 0.25) is 0 Å². The quantitative estimate of drug-likeness (QED) is 0.225. The van der Waals surface area contributed by atoms with Gasteiger partial charge in [0.05, 0.1) is 46.2 Å². The van der Waals surface area contributed by atoms with Crippen LogP contribution in [0.3, 0.4) is 0 Å². The third kappa shape index (κ3) is 4.81. The van der Waals surface area contributed by atoms with E-state index < -0.39 is 57.6 Å². The molecule has 0 radical (unpaired) electrons. The van der Waals surface area contributed by atoms with Crippen LogP contribution >= 0.6 is 0 Å². The number of fused-ring (bicyclic) bond motifs is 2. The number of rotatable bonds is 6. The number of carbonyl (C=O) groups excluding carboxylic acids is 4. The van der Waals surface area contributed by atoms with Crippen LogP contribution < -0.4 is 19.3 Å². The van der Waals surface area contributed by atoms with Crippen molar-refractivity contribution in [1.29, 1.82) is 0 Å². The van der Waals surface area contributed by atoms with Gasteiger partial charge in [-0.2, -0.15) is 0 Å². The van der Waals surface area contributed by atoms with E-state index in [4.69, 9.17) is 14.2 Å². The predicted octanol–water partition coefficient (Wildman–Crippen LogP) is 2.28. The highest BCUT2D eigenvalue weighted by Crippen LogP contribution is 2.42. The lowest BCUT2D eigenvalue weighted by Crippen LogP contribution is -2.55. The normalized spacial score (nSPS) is 21.7. The summed E-state index contributed by atoms with van der Waals surface area (Å²) in [6, 6.07) is 7.28. The molecule has 0 aromatic heterocycles. The van der Waals surface area contributed by atoms with Crippen molar-refractivity contribution in [3.05, 3.63) is 56.6 Å². The fourth-order valence-electron chi connectivity index (χ4n) is 4.42. The second-order valence-corrected chi connectivity index (χ2v) is 9.41. The molecule has 204 valence electrons. The molecule has 15 nitrogen and oxygen atoms in total. The van der Waals surface area contributed by atoms with Crippen LogP contribution in [-0.2, 0) is 23.9 Å². The molecule has 2 aliphatic rings. The first-order chi connectivity index (χ1) is 18.1. The van der Waals surface area contributed by atoms with E-state index in [9.17, 15) is 39.4 Å². The van der Waals surface area contributed by atoms with Gasteiger partial charge >= 0.3 is 11.9 Å². The van der Waals surface area contributed by atoms with Crippen molar-refractivity contribution in [1.82, 2.24) is 0 Å². The Bertz CT molecular complexity index is 1350. The van der Waals surface area contributed by atoms with Gasteiger partial charge in [0.25, 0.3) is 23.2 Å². The zero-order valence-corrected chi connectivity index (χ0v) is 21.2. The monoisotopic (exact) mass is 542 g/mol. The molecular weight excluding hydrogens is 520 g/mol. The van der Waals surface area contributed by atoms with Gasteiger partial charge in [0.1, 0.15) is 0 Å². The summed E-state index contributed by atoms with van der Waals surface area (Å²) in [5.41, 5.74) is -3.80. The summed E-state index contributed by atoms with van der Waals surface area (Å²) in [4.78, 5) is 74.5. The van der Waals surface area contributed by atoms with Gasteiger partial charge in [-0.1, -0.05) is 0 Å². The average molecular weight is 542 g/mol. The van der Waals surface area contributed by atoms with E-state index in [-0.39, 0.29) is 34.2 Å². The molecule has 0 aliphatic carbocycles. The fourth-order valence-corrected chi connectivity index (χ4v) is 4.42. The Balaban J connectivity index is 1.48.